The van der Waals surface area contributed by atoms with Crippen molar-refractivity contribution in [2.75, 3.05) is 11.9 Å². The third-order valence-corrected chi connectivity index (χ3v) is 4.22. The molecule has 1 aromatic carbocycles. The molecule has 1 aliphatic rings. The molecule has 0 spiro atoms. The zero-order valence-corrected chi connectivity index (χ0v) is 11.8. The average molecular weight is 265 g/mol. The fourth-order valence-electron chi connectivity index (χ4n) is 3.03. The molecule has 0 heterocycles. The Hall–Kier alpha value is -1.09. The van der Waals surface area contributed by atoms with E-state index in [4.69, 9.17) is 0 Å². The molecule has 1 unspecified atom stereocenters. The molecular formula is C16H24FNO. The average Bonchev–Trinajstić information content (AvgIpc) is 2.36. The van der Waals surface area contributed by atoms with E-state index in [1.165, 1.54) is 25.0 Å². The lowest BCUT2D eigenvalue weighted by Crippen LogP contribution is -2.35. The van der Waals surface area contributed by atoms with E-state index < -0.39 is 0 Å². The van der Waals surface area contributed by atoms with Crippen molar-refractivity contribution in [2.45, 2.75) is 45.6 Å². The number of halogens is 1. The quantitative estimate of drug-likeness (QED) is 0.869. The Balaban J connectivity index is 2.02. The van der Waals surface area contributed by atoms with Gasteiger partial charge in [-0.3, -0.25) is 0 Å². The lowest BCUT2D eigenvalue weighted by Gasteiger charge is -2.32. The zero-order chi connectivity index (χ0) is 13.8. The number of aryl methyl sites for hydroxylation is 1. The van der Waals surface area contributed by atoms with Crippen LogP contribution < -0.4 is 5.32 Å². The van der Waals surface area contributed by atoms with Crippen molar-refractivity contribution in [3.05, 3.63) is 29.6 Å². The van der Waals surface area contributed by atoms with Crippen LogP contribution in [0, 0.1) is 24.6 Å². The summed E-state index contributed by atoms with van der Waals surface area (Å²) in [5, 5.41) is 12.9. The Kier molecular flexibility index (Phi) is 4.81. The van der Waals surface area contributed by atoms with E-state index in [1.54, 1.807) is 0 Å². The Labute approximate surface area is 115 Å². The Morgan fingerprint density at radius 1 is 1.26 bits per heavy atom. The standard InChI is InChI=1S/C16H24FNO/c1-11-3-5-13(6-4-11)16(10-19)18-15-8-12(2)7-14(17)9-15/h7-9,11,13,16,18-19H,3-6,10H2,1-2H3. The number of benzene rings is 1. The minimum atomic E-state index is -0.226. The van der Waals surface area contributed by atoms with Gasteiger partial charge >= 0.3 is 0 Å². The number of hydrogen-bond donors (Lipinski definition) is 2. The highest BCUT2D eigenvalue weighted by Gasteiger charge is 2.25. The highest BCUT2D eigenvalue weighted by molar-refractivity contribution is 5.47. The van der Waals surface area contributed by atoms with Crippen LogP contribution in [-0.2, 0) is 0 Å². The number of nitrogens with one attached hydrogen (secondary N) is 1. The Morgan fingerprint density at radius 3 is 2.53 bits per heavy atom. The van der Waals surface area contributed by atoms with Crippen molar-refractivity contribution in [2.24, 2.45) is 11.8 Å². The second-order valence-corrected chi connectivity index (χ2v) is 5.97. The minimum Gasteiger partial charge on any atom is -0.394 e. The predicted molar refractivity (Wildman–Crippen MR) is 76.8 cm³/mol. The summed E-state index contributed by atoms with van der Waals surface area (Å²) in [7, 11) is 0. The molecule has 2 nitrogen and oxygen atoms in total. The topological polar surface area (TPSA) is 32.3 Å². The molecule has 3 heteroatoms. The molecule has 106 valence electrons. The maximum Gasteiger partial charge on any atom is 0.125 e. The van der Waals surface area contributed by atoms with Crippen molar-refractivity contribution in [1.82, 2.24) is 0 Å². The van der Waals surface area contributed by atoms with Gasteiger partial charge in [0.2, 0.25) is 0 Å². The lowest BCUT2D eigenvalue weighted by molar-refractivity contribution is 0.192. The largest absolute Gasteiger partial charge is 0.394 e. The summed E-state index contributed by atoms with van der Waals surface area (Å²) in [6.45, 7) is 4.27. The molecule has 0 aromatic heterocycles. The summed E-state index contributed by atoms with van der Waals surface area (Å²) in [6, 6.07) is 4.98. The predicted octanol–water partition coefficient (Wildman–Crippen LogP) is 3.73. The van der Waals surface area contributed by atoms with Gasteiger partial charge in [0.15, 0.2) is 0 Å². The van der Waals surface area contributed by atoms with Gasteiger partial charge < -0.3 is 10.4 Å². The molecule has 0 bridgehead atoms. The fraction of sp³-hybridized carbons (Fsp3) is 0.625. The highest BCUT2D eigenvalue weighted by atomic mass is 19.1. The van der Waals surface area contributed by atoms with Gasteiger partial charge in [-0.2, -0.15) is 0 Å². The van der Waals surface area contributed by atoms with Gasteiger partial charge in [0.05, 0.1) is 12.6 Å². The van der Waals surface area contributed by atoms with Crippen molar-refractivity contribution in [3.63, 3.8) is 0 Å². The molecule has 2 N–H and O–H groups in total. The van der Waals surface area contributed by atoms with Gasteiger partial charge in [-0.1, -0.05) is 19.8 Å². The van der Waals surface area contributed by atoms with Crippen LogP contribution in [0.1, 0.15) is 38.2 Å². The molecule has 1 fully saturated rings. The van der Waals surface area contributed by atoms with E-state index in [0.717, 1.165) is 30.0 Å². The molecule has 1 saturated carbocycles. The van der Waals surface area contributed by atoms with Crippen LogP contribution in [-0.4, -0.2) is 17.8 Å². The van der Waals surface area contributed by atoms with Crippen molar-refractivity contribution < 1.29 is 9.50 Å². The van der Waals surface area contributed by atoms with Crippen LogP contribution in [0.3, 0.4) is 0 Å². The molecule has 19 heavy (non-hydrogen) atoms. The zero-order valence-electron chi connectivity index (χ0n) is 11.8. The van der Waals surface area contributed by atoms with E-state index in [2.05, 4.69) is 12.2 Å². The first-order chi connectivity index (χ1) is 9.08. The second-order valence-electron chi connectivity index (χ2n) is 5.97. The smallest absolute Gasteiger partial charge is 0.125 e. The van der Waals surface area contributed by atoms with Crippen LogP contribution in [0.15, 0.2) is 18.2 Å². The molecular weight excluding hydrogens is 241 g/mol. The number of rotatable bonds is 4. The molecule has 0 aliphatic heterocycles. The number of hydrogen-bond acceptors (Lipinski definition) is 2. The maximum absolute atomic E-state index is 13.4. The first-order valence-corrected chi connectivity index (χ1v) is 7.23. The number of aliphatic hydroxyl groups is 1. The fourth-order valence-corrected chi connectivity index (χ4v) is 3.03. The summed E-state index contributed by atoms with van der Waals surface area (Å²) < 4.78 is 13.4. The van der Waals surface area contributed by atoms with Gasteiger partial charge in [0, 0.05) is 5.69 Å². The Morgan fingerprint density at radius 2 is 1.95 bits per heavy atom. The molecule has 0 amide bonds. The number of aliphatic hydroxyl groups excluding tert-OH is 1. The molecule has 1 atom stereocenters. The van der Waals surface area contributed by atoms with Gasteiger partial charge in [0.1, 0.15) is 5.82 Å². The van der Waals surface area contributed by atoms with E-state index in [9.17, 15) is 9.50 Å². The van der Waals surface area contributed by atoms with Gasteiger partial charge in [-0.25, -0.2) is 4.39 Å². The van der Waals surface area contributed by atoms with E-state index >= 15 is 0 Å². The van der Waals surface area contributed by atoms with E-state index in [1.807, 2.05) is 13.0 Å². The highest BCUT2D eigenvalue weighted by Crippen LogP contribution is 2.31. The Bertz CT molecular complexity index is 393. The molecule has 2 rings (SSSR count). The second kappa shape index (κ2) is 6.38. The van der Waals surface area contributed by atoms with Gasteiger partial charge in [-0.05, 0) is 55.4 Å². The van der Waals surface area contributed by atoms with E-state index in [-0.39, 0.29) is 18.5 Å². The number of anilines is 1. The van der Waals surface area contributed by atoms with Crippen LogP contribution in [0.4, 0.5) is 10.1 Å². The monoisotopic (exact) mass is 265 g/mol. The SMILES string of the molecule is Cc1cc(F)cc(NC(CO)C2CCC(C)CC2)c1. The third kappa shape index (κ3) is 3.93. The van der Waals surface area contributed by atoms with Gasteiger partial charge in [0.25, 0.3) is 0 Å². The first kappa shape index (κ1) is 14.3. The molecule has 1 aromatic rings. The van der Waals surface area contributed by atoms with Crippen LogP contribution in [0.25, 0.3) is 0 Å². The molecule has 0 saturated heterocycles. The summed E-state index contributed by atoms with van der Waals surface area (Å²) in [6.07, 6.45) is 4.75. The maximum atomic E-state index is 13.4. The van der Waals surface area contributed by atoms with Crippen molar-refractivity contribution in [1.29, 1.82) is 0 Å². The summed E-state index contributed by atoms with van der Waals surface area (Å²) >= 11 is 0. The summed E-state index contributed by atoms with van der Waals surface area (Å²) in [4.78, 5) is 0. The van der Waals surface area contributed by atoms with Gasteiger partial charge in [-0.15, -0.1) is 0 Å². The summed E-state index contributed by atoms with van der Waals surface area (Å²) in [5.74, 6) is 1.06. The van der Waals surface area contributed by atoms with Crippen LogP contribution in [0.2, 0.25) is 0 Å². The normalized spacial score (nSPS) is 25.1. The molecule has 1 aliphatic carbocycles. The lowest BCUT2D eigenvalue weighted by atomic mass is 9.79. The minimum absolute atomic E-state index is 0.0358. The van der Waals surface area contributed by atoms with E-state index in [0.29, 0.717) is 5.92 Å². The summed E-state index contributed by atoms with van der Waals surface area (Å²) in [5.41, 5.74) is 1.67. The van der Waals surface area contributed by atoms with Crippen LogP contribution in [0.5, 0.6) is 0 Å². The van der Waals surface area contributed by atoms with Crippen LogP contribution >= 0.6 is 0 Å². The first-order valence-electron chi connectivity index (χ1n) is 7.23. The van der Waals surface area contributed by atoms with Crippen molar-refractivity contribution >= 4 is 5.69 Å². The third-order valence-electron chi connectivity index (χ3n) is 4.22. The molecule has 0 radical (unpaired) electrons. The van der Waals surface area contributed by atoms with Crippen molar-refractivity contribution in [3.8, 4) is 0 Å².